The van der Waals surface area contributed by atoms with Gasteiger partial charge in [0.05, 0.1) is 0 Å². The zero-order chi connectivity index (χ0) is 6.41. The molecule has 0 radical (unpaired) electrons. The number of oxime groups is 1. The van der Waals surface area contributed by atoms with Crippen molar-refractivity contribution in [3.05, 3.63) is 0 Å². The van der Waals surface area contributed by atoms with Crippen molar-refractivity contribution in [3.8, 4) is 0 Å². The van der Waals surface area contributed by atoms with Gasteiger partial charge in [0.15, 0.2) is 11.9 Å². The van der Waals surface area contributed by atoms with Crippen molar-refractivity contribution in [1.82, 2.24) is 0 Å². The average molecular weight is 138 g/mol. The number of rotatable bonds is 2. The Morgan fingerprint density at radius 1 is 1.88 bits per heavy atom. The van der Waals surface area contributed by atoms with Gasteiger partial charge in [-0.1, -0.05) is 0 Å². The fourth-order valence-electron chi connectivity index (χ4n) is 0.112. The zero-order valence-electron chi connectivity index (χ0n) is 4.13. The van der Waals surface area contributed by atoms with Crippen LogP contribution in [0.2, 0.25) is 0 Å². The Bertz CT molecular complexity index is 103. The summed E-state index contributed by atoms with van der Waals surface area (Å²) in [5, 5.41) is 2.91. The van der Waals surface area contributed by atoms with E-state index in [1.807, 2.05) is 0 Å². The van der Waals surface area contributed by atoms with Crippen molar-refractivity contribution in [2.24, 2.45) is 5.16 Å². The molecule has 0 aliphatic heterocycles. The highest BCUT2D eigenvalue weighted by molar-refractivity contribution is 6.07. The molecule has 0 saturated carbocycles. The summed E-state index contributed by atoms with van der Waals surface area (Å²) in [7, 11) is 0. The van der Waals surface area contributed by atoms with Crippen LogP contribution in [0.3, 0.4) is 0 Å². The molecule has 0 aromatic carbocycles. The van der Waals surface area contributed by atoms with E-state index in [1.165, 1.54) is 6.92 Å². The maximum absolute atomic E-state index is 9.91. The van der Waals surface area contributed by atoms with Gasteiger partial charge in [-0.05, 0) is 5.16 Å². The summed E-state index contributed by atoms with van der Waals surface area (Å²) in [6, 6.07) is 0. The average Bonchev–Trinajstić information content (AvgIpc) is 1.66. The highest BCUT2D eigenvalue weighted by Gasteiger charge is 1.83. The maximum Gasteiger partial charge on any atom is 0.309 e. The van der Waals surface area contributed by atoms with Crippen molar-refractivity contribution >= 4 is 24.2 Å². The Labute approximate surface area is 51.2 Å². The predicted octanol–water partition coefficient (Wildman–Crippen LogP) is 0.663. The maximum atomic E-state index is 9.91. The van der Waals surface area contributed by atoms with E-state index in [2.05, 4.69) is 26.1 Å². The standard InChI is InChI=1S/C3H4ClNO3/c1-3(6)7-2-5-8-4/h2H,1H3. The van der Waals surface area contributed by atoms with Crippen molar-refractivity contribution in [1.29, 1.82) is 0 Å². The third kappa shape index (κ3) is 5.23. The van der Waals surface area contributed by atoms with E-state index in [0.717, 1.165) is 6.40 Å². The number of nitrogens with zero attached hydrogens (tertiary/aromatic N) is 1. The highest BCUT2D eigenvalue weighted by atomic mass is 35.5. The first-order chi connectivity index (χ1) is 3.77. The van der Waals surface area contributed by atoms with Gasteiger partial charge < -0.3 is 4.74 Å². The normalized spacial score (nSPS) is 9.25. The third-order valence-electron chi connectivity index (χ3n) is 0.302. The molecule has 0 fully saturated rings. The summed E-state index contributed by atoms with van der Waals surface area (Å²) in [6.07, 6.45) is 0.801. The van der Waals surface area contributed by atoms with Gasteiger partial charge in [-0.15, -0.1) is 0 Å². The first-order valence-electron chi connectivity index (χ1n) is 1.74. The fourth-order valence-corrected chi connectivity index (χ4v) is 0.145. The van der Waals surface area contributed by atoms with Crippen LogP contribution in [0.15, 0.2) is 5.16 Å². The SMILES string of the molecule is CC(=O)OC=NOCl. The topological polar surface area (TPSA) is 47.9 Å². The first kappa shape index (κ1) is 7.23. The van der Waals surface area contributed by atoms with Gasteiger partial charge in [0, 0.05) is 6.92 Å². The molecule has 5 heteroatoms. The molecule has 0 spiro atoms. The third-order valence-corrected chi connectivity index (χ3v) is 0.381. The van der Waals surface area contributed by atoms with Crippen molar-refractivity contribution in [2.75, 3.05) is 0 Å². The van der Waals surface area contributed by atoms with E-state index in [4.69, 9.17) is 0 Å². The van der Waals surface area contributed by atoms with Crippen molar-refractivity contribution < 1.29 is 13.9 Å². The van der Waals surface area contributed by atoms with Crippen molar-refractivity contribution in [2.45, 2.75) is 6.92 Å². The summed E-state index contributed by atoms with van der Waals surface area (Å²) >= 11 is 4.60. The molecular weight excluding hydrogens is 133 g/mol. The predicted molar refractivity (Wildman–Crippen MR) is 27.2 cm³/mol. The molecule has 0 unspecified atom stereocenters. The molecule has 0 aromatic heterocycles. The van der Waals surface area contributed by atoms with Crippen LogP contribution in [0.1, 0.15) is 6.92 Å². The fraction of sp³-hybridized carbons (Fsp3) is 0.333. The lowest BCUT2D eigenvalue weighted by atomic mass is 10.8. The molecular formula is C3H4ClNO3. The number of hydrogen-bond donors (Lipinski definition) is 0. The van der Waals surface area contributed by atoms with Gasteiger partial charge in [0.2, 0.25) is 6.40 Å². The summed E-state index contributed by atoms with van der Waals surface area (Å²) in [4.78, 5) is 9.91. The second-order valence-electron chi connectivity index (χ2n) is 0.889. The van der Waals surface area contributed by atoms with Crippen LogP contribution in [-0.2, 0) is 13.9 Å². The number of hydrogen-bond acceptors (Lipinski definition) is 4. The number of halogens is 1. The zero-order valence-corrected chi connectivity index (χ0v) is 4.88. The lowest BCUT2D eigenvalue weighted by Crippen LogP contribution is -1.94. The summed E-state index contributed by atoms with van der Waals surface area (Å²) < 4.78 is 7.80. The molecule has 0 aliphatic carbocycles. The van der Waals surface area contributed by atoms with Gasteiger partial charge in [-0.25, -0.2) is 0 Å². The van der Waals surface area contributed by atoms with Crippen LogP contribution in [-0.4, -0.2) is 12.4 Å². The monoisotopic (exact) mass is 137 g/mol. The second-order valence-corrected chi connectivity index (χ2v) is 1.03. The minimum Gasteiger partial charge on any atom is -0.411 e. The number of esters is 1. The van der Waals surface area contributed by atoms with Crippen LogP contribution in [0.25, 0.3) is 0 Å². The van der Waals surface area contributed by atoms with Crippen LogP contribution in [0.5, 0.6) is 0 Å². The van der Waals surface area contributed by atoms with Crippen LogP contribution in [0, 0.1) is 0 Å². The molecule has 0 heterocycles. The van der Waals surface area contributed by atoms with Crippen LogP contribution < -0.4 is 0 Å². The Morgan fingerprint density at radius 2 is 2.50 bits per heavy atom. The molecule has 0 rings (SSSR count). The minimum atomic E-state index is -0.470. The van der Waals surface area contributed by atoms with E-state index in [0.29, 0.717) is 0 Å². The smallest absolute Gasteiger partial charge is 0.309 e. The summed E-state index contributed by atoms with van der Waals surface area (Å²) in [6.45, 7) is 1.24. The van der Waals surface area contributed by atoms with Gasteiger partial charge >= 0.3 is 5.97 Å². The molecule has 0 amide bonds. The molecule has 0 aliphatic rings. The Balaban J connectivity index is 3.16. The molecule has 0 atom stereocenters. The Hall–Kier alpha value is -0.770. The quantitative estimate of drug-likeness (QED) is 0.243. The van der Waals surface area contributed by atoms with E-state index in [-0.39, 0.29) is 0 Å². The lowest BCUT2D eigenvalue weighted by molar-refractivity contribution is -0.132. The molecule has 0 aromatic rings. The number of ether oxygens (including phenoxy) is 1. The van der Waals surface area contributed by atoms with Crippen molar-refractivity contribution in [3.63, 3.8) is 0 Å². The molecule has 0 saturated heterocycles. The Kier molecular flexibility index (Phi) is 3.97. The first-order valence-corrected chi connectivity index (χ1v) is 2.05. The van der Waals surface area contributed by atoms with Gasteiger partial charge in [-0.3, -0.25) is 9.18 Å². The van der Waals surface area contributed by atoms with Crippen LogP contribution in [0.4, 0.5) is 0 Å². The lowest BCUT2D eigenvalue weighted by Gasteiger charge is -1.84. The van der Waals surface area contributed by atoms with E-state index >= 15 is 0 Å². The number of carbonyl (C=O) groups excluding carboxylic acids is 1. The summed E-state index contributed by atoms with van der Waals surface area (Å²) in [5.41, 5.74) is 0. The van der Waals surface area contributed by atoms with Crippen LogP contribution >= 0.6 is 11.9 Å². The molecule has 0 N–H and O–H groups in total. The van der Waals surface area contributed by atoms with Gasteiger partial charge in [0.1, 0.15) is 0 Å². The molecule has 8 heavy (non-hydrogen) atoms. The summed E-state index contributed by atoms with van der Waals surface area (Å²) in [5.74, 6) is -0.470. The van der Waals surface area contributed by atoms with Gasteiger partial charge in [0.25, 0.3) is 0 Å². The number of carbonyl (C=O) groups is 1. The minimum absolute atomic E-state index is 0.470. The second kappa shape index (κ2) is 4.39. The van der Waals surface area contributed by atoms with E-state index in [1.54, 1.807) is 0 Å². The molecule has 46 valence electrons. The molecule has 4 nitrogen and oxygen atoms in total. The highest BCUT2D eigenvalue weighted by Crippen LogP contribution is 1.77. The largest absolute Gasteiger partial charge is 0.411 e. The molecule has 0 bridgehead atoms. The van der Waals surface area contributed by atoms with E-state index < -0.39 is 5.97 Å². The Morgan fingerprint density at radius 3 is 2.88 bits per heavy atom. The van der Waals surface area contributed by atoms with Gasteiger partial charge in [-0.2, -0.15) is 0 Å². The van der Waals surface area contributed by atoms with E-state index in [9.17, 15) is 4.79 Å².